The van der Waals surface area contributed by atoms with E-state index in [0.29, 0.717) is 5.82 Å². The van der Waals surface area contributed by atoms with E-state index < -0.39 is 0 Å². The Kier molecular flexibility index (Phi) is 2.22. The van der Waals surface area contributed by atoms with Gasteiger partial charge in [0.1, 0.15) is 5.69 Å². The predicted molar refractivity (Wildman–Crippen MR) is 56.1 cm³/mol. The van der Waals surface area contributed by atoms with Gasteiger partial charge < -0.3 is 0 Å². The Bertz CT molecular complexity index is 441. The standard InChI is InChI=1S/C10H13N5/c1-10(2,3)7-4-5-11-8(6-7)9-12-14-15-13-9/h4-6H,1-3H3,(H,12,13,14,15). The lowest BCUT2D eigenvalue weighted by atomic mass is 9.87. The third-order valence-corrected chi connectivity index (χ3v) is 2.20. The van der Waals surface area contributed by atoms with Crippen LogP contribution < -0.4 is 0 Å². The maximum atomic E-state index is 4.21. The van der Waals surface area contributed by atoms with Crippen molar-refractivity contribution >= 4 is 0 Å². The highest BCUT2D eigenvalue weighted by molar-refractivity contribution is 5.49. The fourth-order valence-corrected chi connectivity index (χ4v) is 1.29. The number of aromatic nitrogens is 5. The molecule has 0 aliphatic carbocycles. The summed E-state index contributed by atoms with van der Waals surface area (Å²) in [5.74, 6) is 0.529. The number of H-pyrrole nitrogens is 1. The molecule has 0 unspecified atom stereocenters. The van der Waals surface area contributed by atoms with Crippen LogP contribution in [0.3, 0.4) is 0 Å². The first-order chi connectivity index (χ1) is 7.07. The van der Waals surface area contributed by atoms with Crippen LogP contribution >= 0.6 is 0 Å². The van der Waals surface area contributed by atoms with Gasteiger partial charge in [-0.3, -0.25) is 4.98 Å². The van der Waals surface area contributed by atoms with Crippen molar-refractivity contribution in [3.05, 3.63) is 23.9 Å². The van der Waals surface area contributed by atoms with Crippen LogP contribution in [0.1, 0.15) is 26.3 Å². The van der Waals surface area contributed by atoms with Gasteiger partial charge in [0, 0.05) is 6.20 Å². The van der Waals surface area contributed by atoms with Crippen molar-refractivity contribution in [1.29, 1.82) is 0 Å². The van der Waals surface area contributed by atoms with Gasteiger partial charge in [-0.2, -0.15) is 5.21 Å². The number of hydrogen-bond donors (Lipinski definition) is 1. The molecule has 78 valence electrons. The van der Waals surface area contributed by atoms with Crippen LogP contribution in [-0.4, -0.2) is 25.6 Å². The van der Waals surface area contributed by atoms with E-state index in [1.807, 2.05) is 12.1 Å². The van der Waals surface area contributed by atoms with Gasteiger partial charge >= 0.3 is 0 Å². The Morgan fingerprint density at radius 1 is 1.27 bits per heavy atom. The molecule has 2 aromatic rings. The maximum absolute atomic E-state index is 4.21. The summed E-state index contributed by atoms with van der Waals surface area (Å²) in [6.07, 6.45) is 1.77. The van der Waals surface area contributed by atoms with Crippen LogP contribution in [0.25, 0.3) is 11.5 Å². The molecular formula is C10H13N5. The minimum atomic E-state index is 0.0986. The van der Waals surface area contributed by atoms with Crippen molar-refractivity contribution in [3.8, 4) is 11.5 Å². The Balaban J connectivity index is 2.44. The Morgan fingerprint density at radius 3 is 2.67 bits per heavy atom. The highest BCUT2D eigenvalue weighted by Crippen LogP contribution is 2.24. The molecule has 0 saturated carbocycles. The first-order valence-electron chi connectivity index (χ1n) is 4.78. The number of rotatable bonds is 1. The van der Waals surface area contributed by atoms with Crippen molar-refractivity contribution in [2.24, 2.45) is 0 Å². The first kappa shape index (κ1) is 9.76. The summed E-state index contributed by atoms with van der Waals surface area (Å²) in [7, 11) is 0. The number of nitrogens with one attached hydrogen (secondary N) is 1. The summed E-state index contributed by atoms with van der Waals surface area (Å²) >= 11 is 0. The van der Waals surface area contributed by atoms with Crippen molar-refractivity contribution in [1.82, 2.24) is 25.6 Å². The van der Waals surface area contributed by atoms with Crippen LogP contribution in [0.15, 0.2) is 18.3 Å². The SMILES string of the molecule is CC(C)(C)c1ccnc(-c2nn[nH]n2)c1. The van der Waals surface area contributed by atoms with Crippen LogP contribution in [0, 0.1) is 0 Å². The molecule has 5 heteroatoms. The van der Waals surface area contributed by atoms with Crippen LogP contribution in [0.5, 0.6) is 0 Å². The Morgan fingerprint density at radius 2 is 2.07 bits per heavy atom. The fourth-order valence-electron chi connectivity index (χ4n) is 1.29. The lowest BCUT2D eigenvalue weighted by Crippen LogP contribution is -2.11. The highest BCUT2D eigenvalue weighted by Gasteiger charge is 2.15. The fraction of sp³-hybridized carbons (Fsp3) is 0.400. The van der Waals surface area contributed by atoms with Gasteiger partial charge in [0.2, 0.25) is 5.82 Å². The molecule has 0 aliphatic heterocycles. The molecule has 5 nitrogen and oxygen atoms in total. The van der Waals surface area contributed by atoms with Gasteiger partial charge in [0.25, 0.3) is 0 Å². The molecule has 2 heterocycles. The van der Waals surface area contributed by atoms with E-state index in [9.17, 15) is 0 Å². The third kappa shape index (κ3) is 2.01. The van der Waals surface area contributed by atoms with E-state index in [1.54, 1.807) is 6.20 Å². The molecule has 15 heavy (non-hydrogen) atoms. The zero-order chi connectivity index (χ0) is 10.9. The summed E-state index contributed by atoms with van der Waals surface area (Å²) in [6.45, 7) is 6.47. The molecule has 2 rings (SSSR count). The minimum Gasteiger partial charge on any atom is -0.253 e. The average Bonchev–Trinajstić information content (AvgIpc) is 2.69. The number of hydrogen-bond acceptors (Lipinski definition) is 4. The average molecular weight is 203 g/mol. The lowest BCUT2D eigenvalue weighted by Gasteiger charge is -2.18. The quantitative estimate of drug-likeness (QED) is 0.763. The molecule has 1 N–H and O–H groups in total. The highest BCUT2D eigenvalue weighted by atomic mass is 15.5. The molecule has 2 aromatic heterocycles. The smallest absolute Gasteiger partial charge is 0.222 e. The van der Waals surface area contributed by atoms with Crippen LogP contribution in [-0.2, 0) is 5.41 Å². The summed E-state index contributed by atoms with van der Waals surface area (Å²) < 4.78 is 0. The predicted octanol–water partition coefficient (Wildman–Crippen LogP) is 1.56. The Labute approximate surface area is 87.9 Å². The lowest BCUT2D eigenvalue weighted by molar-refractivity contribution is 0.589. The molecule has 0 atom stereocenters. The molecule has 0 fully saturated rings. The number of pyridine rings is 1. The van der Waals surface area contributed by atoms with E-state index in [4.69, 9.17) is 0 Å². The summed E-state index contributed by atoms with van der Waals surface area (Å²) in [5, 5.41) is 13.7. The first-order valence-corrected chi connectivity index (χ1v) is 4.78. The molecular weight excluding hydrogens is 190 g/mol. The van der Waals surface area contributed by atoms with Gasteiger partial charge in [-0.1, -0.05) is 20.8 Å². The number of aromatic amines is 1. The van der Waals surface area contributed by atoms with Gasteiger partial charge in [-0.15, -0.1) is 10.2 Å². The summed E-state index contributed by atoms with van der Waals surface area (Å²) in [6, 6.07) is 3.99. The van der Waals surface area contributed by atoms with Crippen molar-refractivity contribution < 1.29 is 0 Å². The molecule has 0 aromatic carbocycles. The largest absolute Gasteiger partial charge is 0.253 e. The molecule has 0 radical (unpaired) electrons. The minimum absolute atomic E-state index is 0.0986. The van der Waals surface area contributed by atoms with Crippen LogP contribution in [0.2, 0.25) is 0 Å². The second kappa shape index (κ2) is 3.42. The van der Waals surface area contributed by atoms with Crippen molar-refractivity contribution in [2.75, 3.05) is 0 Å². The van der Waals surface area contributed by atoms with Crippen molar-refractivity contribution in [3.63, 3.8) is 0 Å². The van der Waals surface area contributed by atoms with E-state index in [-0.39, 0.29) is 5.41 Å². The molecule has 0 amide bonds. The van der Waals surface area contributed by atoms with Gasteiger partial charge in [-0.25, -0.2) is 0 Å². The van der Waals surface area contributed by atoms with E-state index >= 15 is 0 Å². The monoisotopic (exact) mass is 203 g/mol. The maximum Gasteiger partial charge on any atom is 0.222 e. The Hall–Kier alpha value is -1.78. The van der Waals surface area contributed by atoms with Crippen molar-refractivity contribution in [2.45, 2.75) is 26.2 Å². The van der Waals surface area contributed by atoms with E-state index in [1.165, 1.54) is 5.56 Å². The zero-order valence-corrected chi connectivity index (χ0v) is 9.02. The molecule has 0 aliphatic rings. The number of nitrogens with zero attached hydrogens (tertiary/aromatic N) is 4. The third-order valence-electron chi connectivity index (χ3n) is 2.20. The van der Waals surface area contributed by atoms with E-state index in [2.05, 4.69) is 46.4 Å². The van der Waals surface area contributed by atoms with Gasteiger partial charge in [0.05, 0.1) is 0 Å². The second-order valence-corrected chi connectivity index (χ2v) is 4.42. The summed E-state index contributed by atoms with van der Waals surface area (Å²) in [4.78, 5) is 4.21. The van der Waals surface area contributed by atoms with Gasteiger partial charge in [-0.05, 0) is 28.3 Å². The summed E-state index contributed by atoms with van der Waals surface area (Å²) in [5.41, 5.74) is 2.05. The van der Waals surface area contributed by atoms with Crippen LogP contribution in [0.4, 0.5) is 0 Å². The second-order valence-electron chi connectivity index (χ2n) is 4.42. The van der Waals surface area contributed by atoms with Gasteiger partial charge in [0.15, 0.2) is 0 Å². The molecule has 0 bridgehead atoms. The molecule has 0 saturated heterocycles. The molecule has 0 spiro atoms. The number of tetrazole rings is 1. The zero-order valence-electron chi connectivity index (χ0n) is 9.02. The normalized spacial score (nSPS) is 11.7. The van der Waals surface area contributed by atoms with E-state index in [0.717, 1.165) is 5.69 Å². The topological polar surface area (TPSA) is 67.3 Å².